The molecule has 19 heavy (non-hydrogen) atoms. The number of pyridine rings is 1. The van der Waals surface area contributed by atoms with Gasteiger partial charge in [-0.2, -0.15) is 5.10 Å². The van der Waals surface area contributed by atoms with E-state index in [1.54, 1.807) is 6.20 Å². The smallest absolute Gasteiger partial charge is 0.179 e. The summed E-state index contributed by atoms with van der Waals surface area (Å²) in [5.74, 6) is 0. The Morgan fingerprint density at radius 1 is 1.42 bits per heavy atom. The van der Waals surface area contributed by atoms with Crippen molar-refractivity contribution in [1.82, 2.24) is 24.3 Å². The Balaban J connectivity index is 2.17. The van der Waals surface area contributed by atoms with Crippen LogP contribution in [-0.2, 0) is 13.1 Å². The van der Waals surface area contributed by atoms with Gasteiger partial charge >= 0.3 is 0 Å². The predicted octanol–water partition coefficient (Wildman–Crippen LogP) is 2.67. The standard InChI is InChI=1S/C13H15N5S/c1-3-18-12-11(9(2)16-18)15-13(19)17(12)8-10-5-4-6-14-7-10/h4-7H,3,8H2,1-2H3,(H,15,19). The van der Waals surface area contributed by atoms with Crippen molar-refractivity contribution < 1.29 is 0 Å². The van der Waals surface area contributed by atoms with E-state index in [1.165, 1.54) is 0 Å². The number of rotatable bonds is 3. The van der Waals surface area contributed by atoms with Gasteiger partial charge in [0.25, 0.3) is 0 Å². The Morgan fingerprint density at radius 3 is 2.95 bits per heavy atom. The number of nitrogens with zero attached hydrogens (tertiary/aromatic N) is 4. The molecule has 0 saturated carbocycles. The first-order chi connectivity index (χ1) is 9.20. The zero-order valence-electron chi connectivity index (χ0n) is 10.9. The third-order valence-corrected chi connectivity index (χ3v) is 3.52. The molecular weight excluding hydrogens is 258 g/mol. The number of hydrogen-bond acceptors (Lipinski definition) is 3. The third-order valence-electron chi connectivity index (χ3n) is 3.20. The topological polar surface area (TPSA) is 51.4 Å². The fourth-order valence-electron chi connectivity index (χ4n) is 2.30. The fourth-order valence-corrected chi connectivity index (χ4v) is 2.56. The maximum absolute atomic E-state index is 5.42. The van der Waals surface area contributed by atoms with Gasteiger partial charge in [-0.15, -0.1) is 0 Å². The van der Waals surface area contributed by atoms with Crippen molar-refractivity contribution in [3.63, 3.8) is 0 Å². The third kappa shape index (κ3) is 1.98. The number of fused-ring (bicyclic) bond motifs is 1. The summed E-state index contributed by atoms with van der Waals surface area (Å²) in [7, 11) is 0. The molecule has 6 heteroatoms. The highest BCUT2D eigenvalue weighted by molar-refractivity contribution is 7.71. The molecule has 0 fully saturated rings. The van der Waals surface area contributed by atoms with Gasteiger partial charge < -0.3 is 4.98 Å². The number of imidazole rings is 1. The van der Waals surface area contributed by atoms with E-state index < -0.39 is 0 Å². The van der Waals surface area contributed by atoms with Crippen molar-refractivity contribution in [3.05, 3.63) is 40.6 Å². The molecule has 0 unspecified atom stereocenters. The molecule has 98 valence electrons. The summed E-state index contributed by atoms with van der Waals surface area (Å²) in [4.78, 5) is 7.39. The van der Waals surface area contributed by atoms with Gasteiger partial charge in [0.15, 0.2) is 10.4 Å². The summed E-state index contributed by atoms with van der Waals surface area (Å²) in [5, 5.41) is 4.51. The maximum atomic E-state index is 5.42. The largest absolute Gasteiger partial charge is 0.328 e. The van der Waals surface area contributed by atoms with Crippen LogP contribution in [0.5, 0.6) is 0 Å². The van der Waals surface area contributed by atoms with E-state index in [0.29, 0.717) is 6.54 Å². The average molecular weight is 273 g/mol. The van der Waals surface area contributed by atoms with Crippen molar-refractivity contribution in [2.24, 2.45) is 0 Å². The van der Waals surface area contributed by atoms with E-state index in [4.69, 9.17) is 12.2 Å². The Morgan fingerprint density at radius 2 is 2.26 bits per heavy atom. The van der Waals surface area contributed by atoms with Crippen LogP contribution in [0.25, 0.3) is 11.2 Å². The molecule has 3 rings (SSSR count). The van der Waals surface area contributed by atoms with Gasteiger partial charge in [-0.05, 0) is 37.7 Å². The number of H-pyrrole nitrogens is 1. The molecule has 0 bridgehead atoms. The minimum absolute atomic E-state index is 0.706. The molecule has 0 aromatic carbocycles. The minimum atomic E-state index is 0.706. The summed E-state index contributed by atoms with van der Waals surface area (Å²) in [6, 6.07) is 3.98. The van der Waals surface area contributed by atoms with Crippen molar-refractivity contribution >= 4 is 23.4 Å². The lowest BCUT2D eigenvalue weighted by Gasteiger charge is -2.05. The molecule has 0 aliphatic rings. The van der Waals surface area contributed by atoms with E-state index in [1.807, 2.05) is 29.9 Å². The summed E-state index contributed by atoms with van der Waals surface area (Å²) in [6.07, 6.45) is 3.63. The fraction of sp³-hybridized carbons (Fsp3) is 0.308. The minimum Gasteiger partial charge on any atom is -0.328 e. The number of hydrogen-bond donors (Lipinski definition) is 1. The van der Waals surface area contributed by atoms with Crippen molar-refractivity contribution in [2.45, 2.75) is 26.9 Å². The molecule has 3 aromatic rings. The Kier molecular flexibility index (Phi) is 2.94. The van der Waals surface area contributed by atoms with Gasteiger partial charge in [-0.25, -0.2) is 4.68 Å². The van der Waals surface area contributed by atoms with E-state index in [9.17, 15) is 0 Å². The highest BCUT2D eigenvalue weighted by Crippen LogP contribution is 2.19. The van der Waals surface area contributed by atoms with E-state index in [-0.39, 0.29) is 0 Å². The zero-order valence-corrected chi connectivity index (χ0v) is 11.7. The predicted molar refractivity (Wildman–Crippen MR) is 76.7 cm³/mol. The van der Waals surface area contributed by atoms with Crippen LogP contribution >= 0.6 is 12.2 Å². The van der Waals surface area contributed by atoms with Crippen LogP contribution in [0.1, 0.15) is 18.2 Å². The number of aromatic amines is 1. The van der Waals surface area contributed by atoms with Crippen molar-refractivity contribution in [1.29, 1.82) is 0 Å². The van der Waals surface area contributed by atoms with Crippen LogP contribution < -0.4 is 0 Å². The highest BCUT2D eigenvalue weighted by Gasteiger charge is 2.13. The summed E-state index contributed by atoms with van der Waals surface area (Å²) < 4.78 is 4.78. The molecule has 0 saturated heterocycles. The Labute approximate surface area is 115 Å². The quantitative estimate of drug-likeness (QED) is 0.746. The molecule has 0 aliphatic heterocycles. The SMILES string of the molecule is CCn1nc(C)c2[nH]c(=S)n(Cc3cccnc3)c21. The normalized spacial score (nSPS) is 11.3. The van der Waals surface area contributed by atoms with Gasteiger partial charge in [-0.1, -0.05) is 6.07 Å². The highest BCUT2D eigenvalue weighted by atomic mass is 32.1. The monoisotopic (exact) mass is 273 g/mol. The Bertz CT molecular complexity index is 766. The van der Waals surface area contributed by atoms with E-state index >= 15 is 0 Å². The zero-order chi connectivity index (χ0) is 13.4. The first-order valence-corrected chi connectivity index (χ1v) is 6.66. The summed E-state index contributed by atoms with van der Waals surface area (Å²) in [5.41, 5.74) is 4.18. The van der Waals surface area contributed by atoms with Gasteiger partial charge in [0.1, 0.15) is 5.52 Å². The molecular formula is C13H15N5S. The summed E-state index contributed by atoms with van der Waals surface area (Å²) >= 11 is 5.42. The number of aryl methyl sites for hydroxylation is 2. The second-order valence-corrected chi connectivity index (χ2v) is 4.86. The number of nitrogens with one attached hydrogen (secondary N) is 1. The molecule has 0 atom stereocenters. The lowest BCUT2D eigenvalue weighted by atomic mass is 10.3. The Hall–Kier alpha value is -1.95. The molecule has 0 aliphatic carbocycles. The second-order valence-electron chi connectivity index (χ2n) is 4.48. The van der Waals surface area contributed by atoms with E-state index in [0.717, 1.165) is 33.7 Å². The molecule has 5 nitrogen and oxygen atoms in total. The van der Waals surface area contributed by atoms with Crippen molar-refractivity contribution in [2.75, 3.05) is 0 Å². The molecule has 0 radical (unpaired) electrons. The molecule has 3 aromatic heterocycles. The van der Waals surface area contributed by atoms with Crippen LogP contribution in [0.4, 0.5) is 0 Å². The van der Waals surface area contributed by atoms with E-state index in [2.05, 4.69) is 26.6 Å². The first kappa shape index (κ1) is 12.1. The lowest BCUT2D eigenvalue weighted by Crippen LogP contribution is -2.06. The van der Waals surface area contributed by atoms with Crippen molar-refractivity contribution in [3.8, 4) is 0 Å². The molecule has 3 heterocycles. The van der Waals surface area contributed by atoms with Crippen LogP contribution in [0, 0.1) is 11.7 Å². The first-order valence-electron chi connectivity index (χ1n) is 6.25. The lowest BCUT2D eigenvalue weighted by molar-refractivity contribution is 0.643. The van der Waals surface area contributed by atoms with Crippen LogP contribution in [-0.4, -0.2) is 24.3 Å². The summed E-state index contributed by atoms with van der Waals surface area (Å²) in [6.45, 7) is 5.60. The second kappa shape index (κ2) is 4.62. The van der Waals surface area contributed by atoms with Crippen LogP contribution in [0.15, 0.2) is 24.5 Å². The van der Waals surface area contributed by atoms with Crippen LogP contribution in [0.3, 0.4) is 0 Å². The van der Waals surface area contributed by atoms with Crippen LogP contribution in [0.2, 0.25) is 0 Å². The maximum Gasteiger partial charge on any atom is 0.179 e. The number of aromatic nitrogens is 5. The molecule has 0 amide bonds. The van der Waals surface area contributed by atoms with Gasteiger partial charge in [0, 0.05) is 18.9 Å². The molecule has 1 N–H and O–H groups in total. The molecule has 0 spiro atoms. The average Bonchev–Trinajstić information content (AvgIpc) is 2.90. The van der Waals surface area contributed by atoms with Gasteiger partial charge in [0.2, 0.25) is 0 Å². The van der Waals surface area contributed by atoms with Gasteiger partial charge in [0.05, 0.1) is 12.2 Å². The van der Waals surface area contributed by atoms with Gasteiger partial charge in [-0.3, -0.25) is 9.55 Å².